The highest BCUT2D eigenvalue weighted by atomic mass is 19.4. The third kappa shape index (κ3) is 6.09. The van der Waals surface area contributed by atoms with Gasteiger partial charge in [-0.3, -0.25) is 14.9 Å². The quantitative estimate of drug-likeness (QED) is 0.523. The SMILES string of the molecule is CCOc1ccc(CN(C)C(=O)CNc2ccc(C(F)(F)F)cc2[N+](=O)[O-])cc1. The molecule has 2 rings (SSSR count). The highest BCUT2D eigenvalue weighted by molar-refractivity contribution is 5.81. The lowest BCUT2D eigenvalue weighted by atomic mass is 10.1. The largest absolute Gasteiger partial charge is 0.494 e. The molecule has 29 heavy (non-hydrogen) atoms. The fourth-order valence-electron chi connectivity index (χ4n) is 2.53. The highest BCUT2D eigenvalue weighted by Gasteiger charge is 2.33. The molecule has 0 fully saturated rings. The van der Waals surface area contributed by atoms with Gasteiger partial charge in [0.25, 0.3) is 5.69 Å². The predicted molar refractivity (Wildman–Crippen MR) is 101 cm³/mol. The van der Waals surface area contributed by atoms with E-state index in [4.69, 9.17) is 4.74 Å². The van der Waals surface area contributed by atoms with Crippen LogP contribution in [0.1, 0.15) is 18.1 Å². The minimum Gasteiger partial charge on any atom is -0.494 e. The Labute approximate surface area is 165 Å². The van der Waals surface area contributed by atoms with Crippen molar-refractivity contribution in [3.8, 4) is 5.75 Å². The summed E-state index contributed by atoms with van der Waals surface area (Å²) in [7, 11) is 1.56. The molecular weight excluding hydrogens is 391 g/mol. The minimum atomic E-state index is -4.70. The number of nitro benzene ring substituents is 1. The molecule has 1 N–H and O–H groups in total. The number of alkyl halides is 3. The van der Waals surface area contributed by atoms with Crippen LogP contribution in [0.15, 0.2) is 42.5 Å². The zero-order chi connectivity index (χ0) is 21.6. The summed E-state index contributed by atoms with van der Waals surface area (Å²) < 4.78 is 43.6. The van der Waals surface area contributed by atoms with Crippen molar-refractivity contribution in [1.82, 2.24) is 4.90 Å². The van der Waals surface area contributed by atoms with Gasteiger partial charge >= 0.3 is 6.18 Å². The van der Waals surface area contributed by atoms with Crippen molar-refractivity contribution in [2.45, 2.75) is 19.6 Å². The van der Waals surface area contributed by atoms with Crippen molar-refractivity contribution in [1.29, 1.82) is 0 Å². The average Bonchev–Trinajstić information content (AvgIpc) is 2.66. The van der Waals surface area contributed by atoms with Crippen LogP contribution in [0, 0.1) is 10.1 Å². The number of nitrogens with one attached hydrogen (secondary N) is 1. The third-order valence-corrected chi connectivity index (χ3v) is 4.03. The molecule has 0 saturated heterocycles. The summed E-state index contributed by atoms with van der Waals surface area (Å²) in [6, 6.07) is 9.29. The van der Waals surface area contributed by atoms with Crippen LogP contribution >= 0.6 is 0 Å². The molecular formula is C19H20F3N3O4. The van der Waals surface area contributed by atoms with E-state index in [1.54, 1.807) is 19.2 Å². The van der Waals surface area contributed by atoms with Crippen LogP contribution < -0.4 is 10.1 Å². The number of nitrogens with zero attached hydrogens (tertiary/aromatic N) is 2. The number of benzene rings is 2. The van der Waals surface area contributed by atoms with Crippen LogP contribution in [0.3, 0.4) is 0 Å². The van der Waals surface area contributed by atoms with E-state index in [1.807, 2.05) is 19.1 Å². The number of halogens is 3. The van der Waals surface area contributed by atoms with Gasteiger partial charge in [0, 0.05) is 19.7 Å². The van der Waals surface area contributed by atoms with Crippen LogP contribution in [-0.2, 0) is 17.5 Å². The van der Waals surface area contributed by atoms with Gasteiger partial charge in [-0.15, -0.1) is 0 Å². The first-order chi connectivity index (χ1) is 13.6. The van der Waals surface area contributed by atoms with Crippen LogP contribution in [0.5, 0.6) is 5.75 Å². The van der Waals surface area contributed by atoms with Gasteiger partial charge in [0.15, 0.2) is 0 Å². The molecule has 0 radical (unpaired) electrons. The van der Waals surface area contributed by atoms with Crippen LogP contribution in [0.2, 0.25) is 0 Å². The predicted octanol–water partition coefficient (Wildman–Crippen LogP) is 4.08. The Morgan fingerprint density at radius 1 is 1.21 bits per heavy atom. The molecule has 2 aromatic carbocycles. The van der Waals surface area contributed by atoms with Gasteiger partial charge < -0.3 is 15.0 Å². The van der Waals surface area contributed by atoms with E-state index in [1.165, 1.54) is 4.90 Å². The number of rotatable bonds is 8. The second kappa shape index (κ2) is 9.26. The molecule has 0 saturated carbocycles. The fraction of sp³-hybridized carbons (Fsp3) is 0.316. The maximum absolute atomic E-state index is 12.7. The number of nitro groups is 1. The van der Waals surface area contributed by atoms with Crippen LogP contribution in [0.25, 0.3) is 0 Å². The topological polar surface area (TPSA) is 84.7 Å². The number of amides is 1. The van der Waals surface area contributed by atoms with Crippen LogP contribution in [-0.4, -0.2) is 35.9 Å². The number of likely N-dealkylation sites (N-methyl/N-ethyl adjacent to an activating group) is 1. The number of hydrogen-bond donors (Lipinski definition) is 1. The first-order valence-corrected chi connectivity index (χ1v) is 8.67. The Morgan fingerprint density at radius 2 is 1.86 bits per heavy atom. The molecule has 0 aliphatic rings. The Morgan fingerprint density at radius 3 is 2.41 bits per heavy atom. The molecule has 0 aromatic heterocycles. The fourth-order valence-corrected chi connectivity index (χ4v) is 2.53. The third-order valence-electron chi connectivity index (χ3n) is 4.03. The summed E-state index contributed by atoms with van der Waals surface area (Å²) in [4.78, 5) is 23.9. The lowest BCUT2D eigenvalue weighted by Gasteiger charge is -2.18. The van der Waals surface area contributed by atoms with Crippen molar-refractivity contribution in [3.05, 3.63) is 63.7 Å². The summed E-state index contributed by atoms with van der Waals surface area (Å²) in [5, 5.41) is 13.6. The van der Waals surface area contributed by atoms with E-state index < -0.39 is 22.4 Å². The van der Waals surface area contributed by atoms with E-state index in [-0.39, 0.29) is 18.1 Å². The molecule has 10 heteroatoms. The lowest BCUT2D eigenvalue weighted by molar-refractivity contribution is -0.384. The summed E-state index contributed by atoms with van der Waals surface area (Å²) >= 11 is 0. The van der Waals surface area contributed by atoms with Crippen molar-refractivity contribution >= 4 is 17.3 Å². The Balaban J connectivity index is 2.01. The monoisotopic (exact) mass is 411 g/mol. The Hall–Kier alpha value is -3.30. The molecule has 0 spiro atoms. The molecule has 7 nitrogen and oxygen atoms in total. The van der Waals surface area contributed by atoms with E-state index in [9.17, 15) is 28.1 Å². The molecule has 0 unspecified atom stereocenters. The molecule has 156 valence electrons. The average molecular weight is 411 g/mol. The van der Waals surface area contributed by atoms with Gasteiger partial charge in [-0.25, -0.2) is 0 Å². The normalized spacial score (nSPS) is 11.1. The molecule has 2 aromatic rings. The Kier molecular flexibility index (Phi) is 7.03. The van der Waals surface area contributed by atoms with Gasteiger partial charge in [0.2, 0.25) is 5.91 Å². The standard InChI is InChI=1S/C19H20F3N3O4/c1-3-29-15-7-4-13(5-8-15)12-24(2)18(26)11-23-16-9-6-14(19(20,21)22)10-17(16)25(27)28/h4-10,23H,3,11-12H2,1-2H3. The summed E-state index contributed by atoms with van der Waals surface area (Å²) in [5.41, 5.74) is -1.19. The van der Waals surface area contributed by atoms with Gasteiger partial charge in [0.05, 0.1) is 23.6 Å². The number of hydrogen-bond acceptors (Lipinski definition) is 5. The molecule has 0 bridgehead atoms. The maximum Gasteiger partial charge on any atom is 0.416 e. The molecule has 0 aliphatic carbocycles. The smallest absolute Gasteiger partial charge is 0.416 e. The second-order valence-corrected chi connectivity index (χ2v) is 6.17. The summed E-state index contributed by atoms with van der Waals surface area (Å²) in [6.45, 7) is 2.40. The molecule has 0 aliphatic heterocycles. The molecule has 0 atom stereocenters. The highest BCUT2D eigenvalue weighted by Crippen LogP contribution is 2.34. The van der Waals surface area contributed by atoms with Crippen molar-refractivity contribution in [2.24, 2.45) is 0 Å². The van der Waals surface area contributed by atoms with E-state index >= 15 is 0 Å². The molecule has 1 amide bonds. The first kappa shape index (κ1) is 22.0. The van der Waals surface area contributed by atoms with E-state index in [2.05, 4.69) is 5.32 Å². The van der Waals surface area contributed by atoms with Crippen molar-refractivity contribution < 1.29 is 27.6 Å². The van der Waals surface area contributed by atoms with Crippen molar-refractivity contribution in [2.75, 3.05) is 25.5 Å². The van der Waals surface area contributed by atoms with Gasteiger partial charge in [-0.05, 0) is 36.8 Å². The van der Waals surface area contributed by atoms with Gasteiger partial charge in [-0.2, -0.15) is 13.2 Å². The van der Waals surface area contributed by atoms with E-state index in [0.29, 0.717) is 25.0 Å². The zero-order valence-electron chi connectivity index (χ0n) is 15.8. The van der Waals surface area contributed by atoms with Crippen LogP contribution in [0.4, 0.5) is 24.5 Å². The lowest BCUT2D eigenvalue weighted by Crippen LogP contribution is -2.31. The number of anilines is 1. The van der Waals surface area contributed by atoms with Gasteiger partial charge in [-0.1, -0.05) is 12.1 Å². The van der Waals surface area contributed by atoms with Gasteiger partial charge in [0.1, 0.15) is 11.4 Å². The number of carbonyl (C=O) groups is 1. The second-order valence-electron chi connectivity index (χ2n) is 6.17. The Bertz CT molecular complexity index is 870. The van der Waals surface area contributed by atoms with Crippen molar-refractivity contribution in [3.63, 3.8) is 0 Å². The maximum atomic E-state index is 12.7. The zero-order valence-corrected chi connectivity index (χ0v) is 15.8. The number of carbonyl (C=O) groups excluding carboxylic acids is 1. The molecule has 0 heterocycles. The van der Waals surface area contributed by atoms with E-state index in [0.717, 1.165) is 17.7 Å². The first-order valence-electron chi connectivity index (χ1n) is 8.67. The minimum absolute atomic E-state index is 0.161. The summed E-state index contributed by atoms with van der Waals surface area (Å²) in [6.07, 6.45) is -4.70. The summed E-state index contributed by atoms with van der Waals surface area (Å²) in [5.74, 6) is 0.328. The number of ether oxygens (including phenoxy) is 1.